The van der Waals surface area contributed by atoms with Gasteiger partial charge in [-0.3, -0.25) is 10.1 Å². The van der Waals surface area contributed by atoms with Crippen molar-refractivity contribution in [1.82, 2.24) is 15.2 Å². The van der Waals surface area contributed by atoms with Crippen molar-refractivity contribution in [2.75, 3.05) is 5.73 Å². The standard InChI is InChI=1S/C14H10F2N4/c15-9-3-1-2-8(6-9)12-13(19-20-14(12)17)10-4-5-18-7-11(10)16/h1-7H,(H3,17,19,20). The molecule has 0 fully saturated rings. The quantitative estimate of drug-likeness (QED) is 0.753. The number of rotatable bonds is 2. The first kappa shape index (κ1) is 12.3. The van der Waals surface area contributed by atoms with E-state index in [-0.39, 0.29) is 11.4 Å². The summed E-state index contributed by atoms with van der Waals surface area (Å²) in [5.41, 5.74) is 7.48. The number of anilines is 1. The van der Waals surface area contributed by atoms with Crippen LogP contribution in [0.5, 0.6) is 0 Å². The van der Waals surface area contributed by atoms with Crippen LogP contribution in [0.25, 0.3) is 22.4 Å². The third kappa shape index (κ3) is 2.01. The van der Waals surface area contributed by atoms with E-state index >= 15 is 0 Å². The molecule has 6 heteroatoms. The second kappa shape index (κ2) is 4.73. The highest BCUT2D eigenvalue weighted by Crippen LogP contribution is 2.35. The summed E-state index contributed by atoms with van der Waals surface area (Å²) in [5.74, 6) is -0.722. The number of nitrogens with zero attached hydrogens (tertiary/aromatic N) is 2. The zero-order valence-electron chi connectivity index (χ0n) is 10.3. The number of hydrogen-bond acceptors (Lipinski definition) is 3. The van der Waals surface area contributed by atoms with Crippen LogP contribution in [0.1, 0.15) is 0 Å². The number of nitrogens with one attached hydrogen (secondary N) is 1. The van der Waals surface area contributed by atoms with Crippen molar-refractivity contribution in [3.05, 3.63) is 54.4 Å². The van der Waals surface area contributed by atoms with Crippen molar-refractivity contribution < 1.29 is 8.78 Å². The number of aromatic nitrogens is 3. The Morgan fingerprint density at radius 2 is 2.00 bits per heavy atom. The lowest BCUT2D eigenvalue weighted by molar-refractivity contribution is 0.624. The number of halogens is 2. The second-order valence-electron chi connectivity index (χ2n) is 4.22. The maximum Gasteiger partial charge on any atom is 0.153 e. The Morgan fingerprint density at radius 1 is 1.15 bits per heavy atom. The molecule has 0 unspecified atom stereocenters. The highest BCUT2D eigenvalue weighted by atomic mass is 19.1. The zero-order chi connectivity index (χ0) is 14.1. The molecule has 0 spiro atoms. The molecule has 100 valence electrons. The predicted octanol–water partition coefficient (Wildman–Crippen LogP) is 3.00. The maximum absolute atomic E-state index is 13.8. The van der Waals surface area contributed by atoms with Crippen LogP contribution in [-0.4, -0.2) is 15.2 Å². The van der Waals surface area contributed by atoms with Gasteiger partial charge in [-0.1, -0.05) is 12.1 Å². The molecule has 3 rings (SSSR count). The number of aromatic amines is 1. The summed E-state index contributed by atoms with van der Waals surface area (Å²) in [7, 11) is 0. The van der Waals surface area contributed by atoms with E-state index in [4.69, 9.17) is 5.73 Å². The summed E-state index contributed by atoms with van der Waals surface area (Å²) in [6.45, 7) is 0. The summed E-state index contributed by atoms with van der Waals surface area (Å²) in [4.78, 5) is 3.69. The van der Waals surface area contributed by atoms with Crippen LogP contribution in [0.2, 0.25) is 0 Å². The predicted molar refractivity (Wildman–Crippen MR) is 71.6 cm³/mol. The van der Waals surface area contributed by atoms with Gasteiger partial charge in [0.15, 0.2) is 11.6 Å². The van der Waals surface area contributed by atoms with Gasteiger partial charge in [0.05, 0.1) is 17.5 Å². The number of hydrogen-bond donors (Lipinski definition) is 2. The largest absolute Gasteiger partial charge is 0.382 e. The third-order valence-corrected chi connectivity index (χ3v) is 2.95. The van der Waals surface area contributed by atoms with Gasteiger partial charge >= 0.3 is 0 Å². The number of benzene rings is 1. The highest BCUT2D eigenvalue weighted by Gasteiger charge is 2.17. The van der Waals surface area contributed by atoms with Crippen LogP contribution in [-0.2, 0) is 0 Å². The van der Waals surface area contributed by atoms with Crippen molar-refractivity contribution in [3.63, 3.8) is 0 Å². The molecule has 0 atom stereocenters. The molecule has 2 aromatic heterocycles. The van der Waals surface area contributed by atoms with E-state index in [1.165, 1.54) is 24.4 Å². The molecule has 3 aromatic rings. The van der Waals surface area contributed by atoms with Crippen LogP contribution < -0.4 is 5.73 Å². The van der Waals surface area contributed by atoms with Crippen LogP contribution >= 0.6 is 0 Å². The van der Waals surface area contributed by atoms with Crippen molar-refractivity contribution >= 4 is 5.82 Å². The Labute approximate surface area is 113 Å². The Bertz CT molecular complexity index is 767. The van der Waals surface area contributed by atoms with E-state index < -0.39 is 11.6 Å². The van der Waals surface area contributed by atoms with Crippen molar-refractivity contribution in [2.24, 2.45) is 0 Å². The Kier molecular flexibility index (Phi) is 2.90. The molecule has 2 heterocycles. The molecular weight excluding hydrogens is 262 g/mol. The van der Waals surface area contributed by atoms with Gasteiger partial charge in [0.2, 0.25) is 0 Å². The lowest BCUT2D eigenvalue weighted by Crippen LogP contribution is -1.91. The van der Waals surface area contributed by atoms with Gasteiger partial charge in [-0.15, -0.1) is 0 Å². The van der Waals surface area contributed by atoms with Gasteiger partial charge in [0.1, 0.15) is 5.82 Å². The average Bonchev–Trinajstić information content (AvgIpc) is 2.81. The molecular formula is C14H10F2N4. The fourth-order valence-corrected chi connectivity index (χ4v) is 2.07. The summed E-state index contributed by atoms with van der Waals surface area (Å²) in [5, 5.41) is 6.57. The molecule has 1 aromatic carbocycles. The van der Waals surface area contributed by atoms with Crippen molar-refractivity contribution in [2.45, 2.75) is 0 Å². The van der Waals surface area contributed by atoms with E-state index in [1.807, 2.05) is 0 Å². The fourth-order valence-electron chi connectivity index (χ4n) is 2.07. The van der Waals surface area contributed by atoms with Crippen LogP contribution in [0.3, 0.4) is 0 Å². The smallest absolute Gasteiger partial charge is 0.153 e. The Morgan fingerprint density at radius 3 is 2.75 bits per heavy atom. The molecule has 3 N–H and O–H groups in total. The second-order valence-corrected chi connectivity index (χ2v) is 4.22. The van der Waals surface area contributed by atoms with Gasteiger partial charge in [0.25, 0.3) is 0 Å². The van der Waals surface area contributed by atoms with Gasteiger partial charge < -0.3 is 5.73 Å². The van der Waals surface area contributed by atoms with E-state index in [9.17, 15) is 8.78 Å². The Hall–Kier alpha value is -2.76. The first-order chi connectivity index (χ1) is 9.66. The lowest BCUT2D eigenvalue weighted by atomic mass is 10.0. The van der Waals surface area contributed by atoms with E-state index in [2.05, 4.69) is 15.2 Å². The van der Waals surface area contributed by atoms with Gasteiger partial charge in [-0.2, -0.15) is 5.10 Å². The number of H-pyrrole nitrogens is 1. The molecule has 0 saturated carbocycles. The zero-order valence-corrected chi connectivity index (χ0v) is 10.3. The first-order valence-electron chi connectivity index (χ1n) is 5.86. The number of nitrogens with two attached hydrogens (primary N) is 1. The molecule has 4 nitrogen and oxygen atoms in total. The van der Waals surface area contributed by atoms with E-state index in [0.717, 1.165) is 6.20 Å². The monoisotopic (exact) mass is 272 g/mol. The minimum atomic E-state index is -0.506. The summed E-state index contributed by atoms with van der Waals surface area (Å²) in [6, 6.07) is 7.40. The van der Waals surface area contributed by atoms with Gasteiger partial charge in [0, 0.05) is 11.8 Å². The van der Waals surface area contributed by atoms with Crippen molar-refractivity contribution in [1.29, 1.82) is 0 Å². The summed E-state index contributed by atoms with van der Waals surface area (Å²) in [6.07, 6.45) is 2.56. The van der Waals surface area contributed by atoms with Crippen molar-refractivity contribution in [3.8, 4) is 22.4 Å². The van der Waals surface area contributed by atoms with Crippen LogP contribution in [0, 0.1) is 11.6 Å². The molecule has 0 aliphatic carbocycles. The lowest BCUT2D eigenvalue weighted by Gasteiger charge is -2.05. The molecule has 0 aliphatic heterocycles. The fraction of sp³-hybridized carbons (Fsp3) is 0. The third-order valence-electron chi connectivity index (χ3n) is 2.95. The summed E-state index contributed by atoms with van der Waals surface area (Å²) < 4.78 is 27.2. The van der Waals surface area contributed by atoms with Gasteiger partial charge in [-0.05, 0) is 23.8 Å². The van der Waals surface area contributed by atoms with Gasteiger partial charge in [-0.25, -0.2) is 8.78 Å². The molecule has 0 amide bonds. The average molecular weight is 272 g/mol. The van der Waals surface area contributed by atoms with Crippen LogP contribution in [0.4, 0.5) is 14.6 Å². The molecule has 0 bridgehead atoms. The minimum Gasteiger partial charge on any atom is -0.382 e. The minimum absolute atomic E-state index is 0.182. The summed E-state index contributed by atoms with van der Waals surface area (Å²) >= 11 is 0. The number of nitrogen functional groups attached to an aromatic ring is 1. The SMILES string of the molecule is Nc1n[nH]c(-c2ccncc2F)c1-c1cccc(F)c1. The number of pyridine rings is 1. The normalized spacial score (nSPS) is 10.7. The Balaban J connectivity index is 2.23. The first-order valence-corrected chi connectivity index (χ1v) is 5.86. The van der Waals surface area contributed by atoms with Crippen LogP contribution in [0.15, 0.2) is 42.7 Å². The molecule has 0 aliphatic rings. The molecule has 0 saturated heterocycles. The molecule has 20 heavy (non-hydrogen) atoms. The van der Waals surface area contributed by atoms with E-state index in [0.29, 0.717) is 16.8 Å². The molecule has 0 radical (unpaired) electrons. The van der Waals surface area contributed by atoms with E-state index in [1.54, 1.807) is 12.1 Å². The highest BCUT2D eigenvalue weighted by molar-refractivity contribution is 5.87. The maximum atomic E-state index is 13.8. The topological polar surface area (TPSA) is 67.6 Å².